The minimum Gasteiger partial charge on any atom is -0.479 e. The van der Waals surface area contributed by atoms with Crippen LogP contribution in [0.5, 0.6) is 0 Å². The summed E-state index contributed by atoms with van der Waals surface area (Å²) in [6.45, 7) is 1.80. The molecular formula is C9H9ClO2S. The van der Waals surface area contributed by atoms with E-state index in [2.05, 4.69) is 12.6 Å². The smallest absolute Gasteiger partial charge is 0.339 e. The summed E-state index contributed by atoms with van der Waals surface area (Å²) in [5.41, 5.74) is 1.32. The monoisotopic (exact) mass is 216 g/mol. The van der Waals surface area contributed by atoms with Crippen LogP contribution in [0.25, 0.3) is 0 Å². The van der Waals surface area contributed by atoms with Gasteiger partial charge in [-0.25, -0.2) is 4.79 Å². The van der Waals surface area contributed by atoms with Crippen molar-refractivity contribution in [1.82, 2.24) is 0 Å². The molecule has 4 heteroatoms. The molecule has 0 bridgehead atoms. The molecule has 0 spiro atoms. The molecule has 1 aromatic rings. The highest BCUT2D eigenvalue weighted by Gasteiger charge is 2.34. The molecule has 0 saturated carbocycles. The molecule has 0 amide bonds. The van der Waals surface area contributed by atoms with Gasteiger partial charge in [-0.05, 0) is 18.1 Å². The number of aliphatic carboxylic acids is 1. The molecule has 70 valence electrons. The second-order valence-corrected chi connectivity index (χ2v) is 4.24. The number of hydrogen-bond donors (Lipinski definition) is 2. The van der Waals surface area contributed by atoms with E-state index < -0.39 is 10.2 Å². The van der Waals surface area contributed by atoms with Crippen molar-refractivity contribution >= 4 is 30.2 Å². The van der Waals surface area contributed by atoms with E-state index >= 15 is 0 Å². The maximum atomic E-state index is 10.8. The third kappa shape index (κ3) is 1.98. The van der Waals surface area contributed by atoms with Gasteiger partial charge in [0.15, 0.2) is 0 Å². The zero-order valence-corrected chi connectivity index (χ0v) is 8.64. The molecule has 2 nitrogen and oxygen atoms in total. The van der Waals surface area contributed by atoms with E-state index in [0.29, 0.717) is 5.56 Å². The molecule has 0 saturated heterocycles. The SMILES string of the molecule is Cc1ccccc1C(S)(Cl)C(=O)O. The number of carbonyl (C=O) groups is 1. The molecule has 0 aliphatic heterocycles. The summed E-state index contributed by atoms with van der Waals surface area (Å²) in [5.74, 6) is -1.16. The molecular weight excluding hydrogens is 208 g/mol. The van der Waals surface area contributed by atoms with Crippen LogP contribution in [0, 0.1) is 6.92 Å². The van der Waals surface area contributed by atoms with Crippen LogP contribution in [0.2, 0.25) is 0 Å². The Morgan fingerprint density at radius 1 is 1.54 bits per heavy atom. The summed E-state index contributed by atoms with van der Waals surface area (Å²) in [6.07, 6.45) is 0. The number of rotatable bonds is 2. The van der Waals surface area contributed by atoms with Crippen LogP contribution in [0.3, 0.4) is 0 Å². The minimum absolute atomic E-state index is 0.507. The number of carboxylic acids is 1. The largest absolute Gasteiger partial charge is 0.479 e. The molecule has 1 atom stereocenters. The average Bonchev–Trinajstić information content (AvgIpc) is 2.04. The maximum Gasteiger partial charge on any atom is 0.339 e. The van der Waals surface area contributed by atoms with Crippen LogP contribution in [-0.4, -0.2) is 11.1 Å². The number of halogens is 1. The van der Waals surface area contributed by atoms with Gasteiger partial charge >= 0.3 is 5.97 Å². The second-order valence-electron chi connectivity index (χ2n) is 2.74. The fraction of sp³-hybridized carbons (Fsp3) is 0.222. The molecule has 1 N–H and O–H groups in total. The topological polar surface area (TPSA) is 37.3 Å². The van der Waals surface area contributed by atoms with Crippen LogP contribution >= 0.6 is 24.2 Å². The van der Waals surface area contributed by atoms with Crippen molar-refractivity contribution in [2.75, 3.05) is 0 Å². The first-order valence-electron chi connectivity index (χ1n) is 3.67. The summed E-state index contributed by atoms with van der Waals surface area (Å²) >= 11 is 9.67. The van der Waals surface area contributed by atoms with Gasteiger partial charge in [0, 0.05) is 0 Å². The van der Waals surface area contributed by atoms with Gasteiger partial charge in [-0.15, -0.1) is 12.6 Å². The number of alkyl halides is 1. The number of thiol groups is 1. The van der Waals surface area contributed by atoms with Crippen molar-refractivity contribution in [3.8, 4) is 0 Å². The molecule has 0 aromatic heterocycles. The molecule has 1 aromatic carbocycles. The van der Waals surface area contributed by atoms with Crippen LogP contribution in [0.1, 0.15) is 11.1 Å². The Balaban J connectivity index is 3.22. The lowest BCUT2D eigenvalue weighted by Gasteiger charge is -2.17. The van der Waals surface area contributed by atoms with Crippen LogP contribution in [-0.2, 0) is 9.00 Å². The van der Waals surface area contributed by atoms with Crippen molar-refractivity contribution in [2.45, 2.75) is 11.1 Å². The maximum absolute atomic E-state index is 10.8. The molecule has 0 radical (unpaired) electrons. The average molecular weight is 217 g/mol. The normalized spacial score (nSPS) is 15.0. The van der Waals surface area contributed by atoms with E-state index in [4.69, 9.17) is 16.7 Å². The molecule has 1 rings (SSSR count). The minimum atomic E-state index is -1.63. The van der Waals surface area contributed by atoms with Crippen molar-refractivity contribution in [2.24, 2.45) is 0 Å². The Labute approximate surface area is 86.9 Å². The Morgan fingerprint density at radius 2 is 2.08 bits per heavy atom. The Bertz CT molecular complexity index is 336. The van der Waals surface area contributed by atoms with Crippen LogP contribution in [0.15, 0.2) is 24.3 Å². The van der Waals surface area contributed by atoms with Gasteiger partial charge in [-0.2, -0.15) is 0 Å². The van der Waals surface area contributed by atoms with E-state index in [1.165, 1.54) is 0 Å². The molecule has 0 aliphatic rings. The van der Waals surface area contributed by atoms with Crippen molar-refractivity contribution in [1.29, 1.82) is 0 Å². The van der Waals surface area contributed by atoms with Gasteiger partial charge in [0.05, 0.1) is 0 Å². The van der Waals surface area contributed by atoms with E-state index in [1.54, 1.807) is 25.1 Å². The highest BCUT2D eigenvalue weighted by molar-refractivity contribution is 7.83. The van der Waals surface area contributed by atoms with Gasteiger partial charge in [-0.1, -0.05) is 35.9 Å². The highest BCUT2D eigenvalue weighted by atomic mass is 35.5. The highest BCUT2D eigenvalue weighted by Crippen LogP contribution is 2.35. The van der Waals surface area contributed by atoms with Gasteiger partial charge in [0.25, 0.3) is 0 Å². The van der Waals surface area contributed by atoms with E-state index in [9.17, 15) is 4.79 Å². The fourth-order valence-electron chi connectivity index (χ4n) is 1.06. The van der Waals surface area contributed by atoms with Gasteiger partial charge in [0.2, 0.25) is 4.21 Å². The van der Waals surface area contributed by atoms with E-state index in [-0.39, 0.29) is 0 Å². The van der Waals surface area contributed by atoms with Gasteiger partial charge in [0.1, 0.15) is 0 Å². The number of benzene rings is 1. The Kier molecular flexibility index (Phi) is 2.88. The second kappa shape index (κ2) is 3.60. The molecule has 0 fully saturated rings. The lowest BCUT2D eigenvalue weighted by atomic mass is 10.1. The Morgan fingerprint density at radius 3 is 2.54 bits per heavy atom. The van der Waals surface area contributed by atoms with Crippen LogP contribution < -0.4 is 0 Å². The van der Waals surface area contributed by atoms with Crippen molar-refractivity contribution in [3.05, 3.63) is 35.4 Å². The number of carboxylic acid groups (broad SMARTS) is 1. The quantitative estimate of drug-likeness (QED) is 0.589. The third-order valence-electron chi connectivity index (χ3n) is 1.79. The summed E-state index contributed by atoms with van der Waals surface area (Å²) in [6, 6.07) is 7.01. The summed E-state index contributed by atoms with van der Waals surface area (Å²) in [7, 11) is 0. The zero-order chi connectivity index (χ0) is 10.1. The molecule has 1 unspecified atom stereocenters. The molecule has 0 heterocycles. The lowest BCUT2D eigenvalue weighted by Crippen LogP contribution is -2.23. The predicted molar refractivity (Wildman–Crippen MR) is 55.3 cm³/mol. The lowest BCUT2D eigenvalue weighted by molar-refractivity contribution is -0.137. The summed E-state index contributed by atoms with van der Waals surface area (Å²) in [5, 5.41) is 8.81. The Hall–Kier alpha value is -0.670. The summed E-state index contributed by atoms with van der Waals surface area (Å²) < 4.78 is -1.63. The predicted octanol–water partition coefficient (Wildman–Crippen LogP) is 2.40. The molecule has 13 heavy (non-hydrogen) atoms. The summed E-state index contributed by atoms with van der Waals surface area (Å²) in [4.78, 5) is 10.8. The first kappa shape index (κ1) is 10.4. The third-order valence-corrected chi connectivity index (χ3v) is 2.58. The van der Waals surface area contributed by atoms with Gasteiger partial charge in [-0.3, -0.25) is 0 Å². The zero-order valence-electron chi connectivity index (χ0n) is 6.99. The van der Waals surface area contributed by atoms with Crippen molar-refractivity contribution in [3.63, 3.8) is 0 Å². The fourth-order valence-corrected chi connectivity index (χ4v) is 1.52. The van der Waals surface area contributed by atoms with E-state index in [0.717, 1.165) is 5.56 Å². The van der Waals surface area contributed by atoms with E-state index in [1.807, 2.05) is 6.07 Å². The first-order chi connectivity index (χ1) is 5.96. The van der Waals surface area contributed by atoms with Gasteiger partial charge < -0.3 is 5.11 Å². The number of hydrogen-bond acceptors (Lipinski definition) is 2. The van der Waals surface area contributed by atoms with Crippen LogP contribution in [0.4, 0.5) is 0 Å². The number of aryl methyl sites for hydroxylation is 1. The standard InChI is InChI=1S/C9H9ClO2S/c1-6-4-2-3-5-7(6)9(10,13)8(11)12/h2-5,13H,1H3,(H,11,12). The first-order valence-corrected chi connectivity index (χ1v) is 4.49. The molecule has 0 aliphatic carbocycles. The van der Waals surface area contributed by atoms with Crippen molar-refractivity contribution < 1.29 is 9.90 Å².